The molecule has 6 heteroatoms. The van der Waals surface area contributed by atoms with Crippen molar-refractivity contribution in [1.29, 1.82) is 0 Å². The Morgan fingerprint density at radius 1 is 1.38 bits per heavy atom. The zero-order valence-corrected chi connectivity index (χ0v) is 10.5. The van der Waals surface area contributed by atoms with Gasteiger partial charge in [0.1, 0.15) is 0 Å². The third kappa shape index (κ3) is 2.01. The van der Waals surface area contributed by atoms with Crippen molar-refractivity contribution in [2.75, 3.05) is 24.7 Å². The zero-order valence-electron chi connectivity index (χ0n) is 8.94. The third-order valence-electron chi connectivity index (χ3n) is 2.06. The molecule has 84 valence electrons. The summed E-state index contributed by atoms with van der Waals surface area (Å²) in [5, 5.41) is 3.83. The number of hydrogen-bond acceptors (Lipinski definition) is 5. The van der Waals surface area contributed by atoms with E-state index < -0.39 is 0 Å². The molecule has 2 rings (SSSR count). The van der Waals surface area contributed by atoms with Gasteiger partial charge < -0.3 is 15.2 Å². The van der Waals surface area contributed by atoms with E-state index in [1.807, 2.05) is 26.2 Å². The van der Waals surface area contributed by atoms with E-state index in [4.69, 9.17) is 10.3 Å². The smallest absolute Gasteiger partial charge is 0.265 e. The van der Waals surface area contributed by atoms with Gasteiger partial charge in [0, 0.05) is 29.8 Å². The van der Waals surface area contributed by atoms with Crippen molar-refractivity contribution in [2.45, 2.75) is 0 Å². The van der Waals surface area contributed by atoms with E-state index in [9.17, 15) is 0 Å². The van der Waals surface area contributed by atoms with Crippen LogP contribution >= 0.6 is 15.9 Å². The summed E-state index contributed by atoms with van der Waals surface area (Å²) in [4.78, 5) is 6.00. The van der Waals surface area contributed by atoms with Gasteiger partial charge in [0.15, 0.2) is 0 Å². The van der Waals surface area contributed by atoms with Crippen LogP contribution in [0.5, 0.6) is 0 Å². The van der Waals surface area contributed by atoms with Crippen LogP contribution in [0.4, 0.5) is 11.6 Å². The van der Waals surface area contributed by atoms with Crippen LogP contribution in [0, 0.1) is 0 Å². The molecule has 1 heterocycles. The lowest BCUT2D eigenvalue weighted by atomic mass is 10.2. The van der Waals surface area contributed by atoms with E-state index in [0.29, 0.717) is 17.5 Å². The Morgan fingerprint density at radius 3 is 2.69 bits per heavy atom. The monoisotopic (exact) mass is 282 g/mol. The van der Waals surface area contributed by atoms with Crippen LogP contribution in [-0.2, 0) is 0 Å². The molecule has 0 saturated heterocycles. The average molecular weight is 283 g/mol. The van der Waals surface area contributed by atoms with Gasteiger partial charge in [-0.3, -0.25) is 0 Å². The van der Waals surface area contributed by atoms with E-state index in [0.717, 1.165) is 10.0 Å². The number of anilines is 2. The molecular formula is C10H11BrN4O. The van der Waals surface area contributed by atoms with Gasteiger partial charge >= 0.3 is 0 Å². The van der Waals surface area contributed by atoms with E-state index in [-0.39, 0.29) is 0 Å². The highest BCUT2D eigenvalue weighted by atomic mass is 79.9. The molecule has 0 aliphatic heterocycles. The second kappa shape index (κ2) is 4.13. The van der Waals surface area contributed by atoms with Crippen LogP contribution in [0.25, 0.3) is 11.5 Å². The maximum absolute atomic E-state index is 5.78. The number of nitrogen functional groups attached to an aromatic ring is 1. The van der Waals surface area contributed by atoms with Gasteiger partial charge in [0.2, 0.25) is 0 Å². The Balaban J connectivity index is 2.39. The molecule has 0 radical (unpaired) electrons. The Kier molecular flexibility index (Phi) is 2.82. The first kappa shape index (κ1) is 10.9. The number of benzene rings is 1. The topological polar surface area (TPSA) is 68.2 Å². The highest BCUT2D eigenvalue weighted by Gasteiger charge is 2.10. The fourth-order valence-corrected chi connectivity index (χ4v) is 1.44. The SMILES string of the molecule is CN(C)c1noc(-c2ccc(Br)c(N)c2)n1. The summed E-state index contributed by atoms with van der Waals surface area (Å²) in [5.41, 5.74) is 7.23. The van der Waals surface area contributed by atoms with Gasteiger partial charge in [-0.1, -0.05) is 0 Å². The normalized spacial score (nSPS) is 10.4. The number of nitrogens with zero attached hydrogens (tertiary/aromatic N) is 3. The van der Waals surface area contributed by atoms with Crippen LogP contribution in [0.1, 0.15) is 0 Å². The summed E-state index contributed by atoms with van der Waals surface area (Å²) in [6, 6.07) is 5.51. The lowest BCUT2D eigenvalue weighted by molar-refractivity contribution is 0.431. The van der Waals surface area contributed by atoms with Crippen molar-refractivity contribution in [3.63, 3.8) is 0 Å². The Hall–Kier alpha value is -1.56. The number of rotatable bonds is 2. The predicted molar refractivity (Wildman–Crippen MR) is 66.2 cm³/mol. The van der Waals surface area contributed by atoms with Gasteiger partial charge in [-0.2, -0.15) is 4.98 Å². The van der Waals surface area contributed by atoms with E-state index in [1.165, 1.54) is 0 Å². The lowest BCUT2D eigenvalue weighted by Crippen LogP contribution is -2.10. The first-order chi connectivity index (χ1) is 7.58. The van der Waals surface area contributed by atoms with Crippen LogP contribution in [-0.4, -0.2) is 24.2 Å². The maximum Gasteiger partial charge on any atom is 0.265 e. The quantitative estimate of drug-likeness (QED) is 0.855. The largest absolute Gasteiger partial charge is 0.398 e. The molecule has 1 aromatic heterocycles. The van der Waals surface area contributed by atoms with Gasteiger partial charge in [-0.25, -0.2) is 0 Å². The fraction of sp³-hybridized carbons (Fsp3) is 0.200. The predicted octanol–water partition coefficient (Wildman–Crippen LogP) is 2.15. The van der Waals surface area contributed by atoms with Crippen molar-refractivity contribution in [1.82, 2.24) is 10.1 Å². The van der Waals surface area contributed by atoms with Crippen LogP contribution in [0.3, 0.4) is 0 Å². The van der Waals surface area contributed by atoms with Gasteiger partial charge in [-0.15, -0.1) is 0 Å². The van der Waals surface area contributed by atoms with E-state index in [1.54, 1.807) is 11.0 Å². The highest BCUT2D eigenvalue weighted by Crippen LogP contribution is 2.26. The molecule has 1 aromatic carbocycles. The molecule has 0 aliphatic rings. The number of hydrogen-bond donors (Lipinski definition) is 1. The first-order valence-electron chi connectivity index (χ1n) is 4.64. The molecule has 0 spiro atoms. The zero-order chi connectivity index (χ0) is 11.7. The molecule has 16 heavy (non-hydrogen) atoms. The first-order valence-corrected chi connectivity index (χ1v) is 5.43. The van der Waals surface area contributed by atoms with Crippen molar-refractivity contribution in [2.24, 2.45) is 0 Å². The fourth-order valence-electron chi connectivity index (χ4n) is 1.19. The van der Waals surface area contributed by atoms with Crippen molar-refractivity contribution in [3.05, 3.63) is 22.7 Å². The molecule has 0 fully saturated rings. The Bertz CT molecular complexity index is 509. The van der Waals surface area contributed by atoms with Crippen LogP contribution < -0.4 is 10.6 Å². The number of halogens is 1. The maximum atomic E-state index is 5.78. The minimum absolute atomic E-state index is 0.461. The minimum Gasteiger partial charge on any atom is -0.398 e. The minimum atomic E-state index is 0.461. The molecule has 2 N–H and O–H groups in total. The summed E-state index contributed by atoms with van der Waals surface area (Å²) in [5.74, 6) is 0.999. The molecule has 0 aliphatic carbocycles. The lowest BCUT2D eigenvalue weighted by Gasteiger charge is -2.02. The third-order valence-corrected chi connectivity index (χ3v) is 2.78. The molecule has 0 unspecified atom stereocenters. The molecule has 0 amide bonds. The second-order valence-corrected chi connectivity index (χ2v) is 4.38. The summed E-state index contributed by atoms with van der Waals surface area (Å²) >= 11 is 3.33. The standard InChI is InChI=1S/C10H11BrN4O/c1-15(2)10-13-9(16-14-10)6-3-4-7(11)8(12)5-6/h3-5H,12H2,1-2H3. The molecule has 0 saturated carbocycles. The molecule has 2 aromatic rings. The Labute approximate surface area is 101 Å². The highest BCUT2D eigenvalue weighted by molar-refractivity contribution is 9.10. The van der Waals surface area contributed by atoms with Crippen molar-refractivity contribution in [3.8, 4) is 11.5 Å². The molecule has 5 nitrogen and oxygen atoms in total. The van der Waals surface area contributed by atoms with Crippen molar-refractivity contribution < 1.29 is 4.52 Å². The summed E-state index contributed by atoms with van der Waals surface area (Å²) in [6.45, 7) is 0. The Morgan fingerprint density at radius 2 is 2.12 bits per heavy atom. The summed E-state index contributed by atoms with van der Waals surface area (Å²) in [7, 11) is 3.70. The number of nitrogens with two attached hydrogens (primary N) is 1. The molecular weight excluding hydrogens is 272 g/mol. The van der Waals surface area contributed by atoms with Crippen molar-refractivity contribution >= 4 is 27.6 Å². The number of aromatic nitrogens is 2. The average Bonchev–Trinajstić information content (AvgIpc) is 2.71. The van der Waals surface area contributed by atoms with Gasteiger partial charge in [0.25, 0.3) is 11.8 Å². The second-order valence-electron chi connectivity index (χ2n) is 3.53. The van der Waals surface area contributed by atoms with Gasteiger partial charge in [-0.05, 0) is 39.3 Å². The van der Waals surface area contributed by atoms with Crippen LogP contribution in [0.2, 0.25) is 0 Å². The molecule has 0 atom stereocenters. The summed E-state index contributed by atoms with van der Waals surface area (Å²) < 4.78 is 5.98. The molecule has 0 bridgehead atoms. The van der Waals surface area contributed by atoms with E-state index >= 15 is 0 Å². The van der Waals surface area contributed by atoms with E-state index in [2.05, 4.69) is 26.1 Å². The van der Waals surface area contributed by atoms with Gasteiger partial charge in [0.05, 0.1) is 0 Å². The summed E-state index contributed by atoms with van der Waals surface area (Å²) in [6.07, 6.45) is 0. The van der Waals surface area contributed by atoms with Crippen LogP contribution in [0.15, 0.2) is 27.2 Å².